The van der Waals surface area contributed by atoms with Gasteiger partial charge in [-0.3, -0.25) is 0 Å². The molecule has 2 rings (SSSR count). The Balaban J connectivity index is 2.01. The molecule has 1 fully saturated rings. The van der Waals surface area contributed by atoms with Crippen LogP contribution in [0.15, 0.2) is 24.3 Å². The van der Waals surface area contributed by atoms with Crippen LogP contribution in [-0.2, 0) is 12.6 Å². The molecule has 1 atom stereocenters. The highest BCUT2D eigenvalue weighted by Gasteiger charge is 2.30. The zero-order valence-electron chi connectivity index (χ0n) is 8.85. The zero-order valence-corrected chi connectivity index (χ0v) is 8.85. The molecule has 4 heteroatoms. The molecule has 1 heterocycles. The molecule has 16 heavy (non-hydrogen) atoms. The third kappa shape index (κ3) is 2.76. The van der Waals surface area contributed by atoms with Gasteiger partial charge in [0.25, 0.3) is 0 Å². The lowest BCUT2D eigenvalue weighted by Gasteiger charge is -2.10. The molecule has 0 aromatic heterocycles. The third-order valence-electron chi connectivity index (χ3n) is 2.97. The molecule has 1 aromatic rings. The van der Waals surface area contributed by atoms with Gasteiger partial charge in [-0.25, -0.2) is 0 Å². The van der Waals surface area contributed by atoms with Crippen molar-refractivity contribution in [3.05, 3.63) is 35.4 Å². The minimum Gasteiger partial charge on any atom is -0.316 e. The molecule has 1 saturated heterocycles. The molecule has 1 nitrogen and oxygen atoms in total. The third-order valence-corrected chi connectivity index (χ3v) is 2.97. The predicted octanol–water partition coefficient (Wildman–Crippen LogP) is 2.86. The molecule has 0 bridgehead atoms. The first kappa shape index (κ1) is 11.5. The molecule has 0 amide bonds. The summed E-state index contributed by atoms with van der Waals surface area (Å²) in [6.07, 6.45) is -2.25. The topological polar surface area (TPSA) is 12.0 Å². The zero-order chi connectivity index (χ0) is 11.6. The summed E-state index contributed by atoms with van der Waals surface area (Å²) in [4.78, 5) is 0. The van der Waals surface area contributed by atoms with E-state index < -0.39 is 11.7 Å². The van der Waals surface area contributed by atoms with Gasteiger partial charge in [-0.05, 0) is 49.5 Å². The second kappa shape index (κ2) is 4.45. The van der Waals surface area contributed by atoms with E-state index in [1.807, 2.05) is 0 Å². The van der Waals surface area contributed by atoms with Crippen LogP contribution in [0.3, 0.4) is 0 Å². The summed E-state index contributed by atoms with van der Waals surface area (Å²) < 4.78 is 36.9. The minimum absolute atomic E-state index is 0.566. The molecule has 0 unspecified atom stereocenters. The summed E-state index contributed by atoms with van der Waals surface area (Å²) in [5, 5.41) is 3.25. The molecule has 1 N–H and O–H groups in total. The number of alkyl halides is 3. The Bertz CT molecular complexity index is 336. The average Bonchev–Trinajstić information content (AvgIpc) is 2.70. The minimum atomic E-state index is -4.23. The maximum Gasteiger partial charge on any atom is 0.416 e. The van der Waals surface area contributed by atoms with E-state index in [4.69, 9.17) is 0 Å². The van der Waals surface area contributed by atoms with Crippen molar-refractivity contribution in [2.24, 2.45) is 5.92 Å². The van der Waals surface area contributed by atoms with Crippen molar-refractivity contribution in [1.29, 1.82) is 0 Å². The van der Waals surface area contributed by atoms with Crippen LogP contribution in [0.2, 0.25) is 0 Å². The smallest absolute Gasteiger partial charge is 0.316 e. The summed E-state index contributed by atoms with van der Waals surface area (Å²) >= 11 is 0. The lowest BCUT2D eigenvalue weighted by Crippen LogP contribution is -2.11. The lowest BCUT2D eigenvalue weighted by molar-refractivity contribution is -0.137. The summed E-state index contributed by atoms with van der Waals surface area (Å²) in [7, 11) is 0. The van der Waals surface area contributed by atoms with Crippen molar-refractivity contribution in [3.63, 3.8) is 0 Å². The molecule has 0 spiro atoms. The van der Waals surface area contributed by atoms with E-state index in [2.05, 4.69) is 5.32 Å². The number of hydrogen-bond acceptors (Lipinski definition) is 1. The van der Waals surface area contributed by atoms with Crippen LogP contribution in [0.25, 0.3) is 0 Å². The Kier molecular flexibility index (Phi) is 3.19. The Labute approximate surface area is 92.7 Å². The molecule has 1 aromatic carbocycles. The van der Waals surface area contributed by atoms with Crippen molar-refractivity contribution in [3.8, 4) is 0 Å². The summed E-state index contributed by atoms with van der Waals surface area (Å²) in [5.41, 5.74) is 0.419. The largest absolute Gasteiger partial charge is 0.416 e. The molecular weight excluding hydrogens is 215 g/mol. The monoisotopic (exact) mass is 229 g/mol. The van der Waals surface area contributed by atoms with Gasteiger partial charge in [0.15, 0.2) is 0 Å². The van der Waals surface area contributed by atoms with Crippen LogP contribution < -0.4 is 5.32 Å². The van der Waals surface area contributed by atoms with Gasteiger partial charge in [0.2, 0.25) is 0 Å². The van der Waals surface area contributed by atoms with Gasteiger partial charge in [-0.2, -0.15) is 13.2 Å². The number of halogens is 3. The Hall–Kier alpha value is -1.03. The van der Waals surface area contributed by atoms with E-state index in [9.17, 15) is 13.2 Å². The van der Waals surface area contributed by atoms with E-state index >= 15 is 0 Å². The van der Waals surface area contributed by atoms with Crippen LogP contribution in [0.5, 0.6) is 0 Å². The predicted molar refractivity (Wildman–Crippen MR) is 56.1 cm³/mol. The lowest BCUT2D eigenvalue weighted by atomic mass is 9.98. The van der Waals surface area contributed by atoms with E-state index in [-0.39, 0.29) is 0 Å². The standard InChI is InChI=1S/C12H14F3N/c13-12(14,15)11-3-1-9(2-4-11)7-10-5-6-16-8-10/h1-4,10,16H,5-8H2/t10-/m0/s1. The molecule has 0 aliphatic carbocycles. The highest BCUT2D eigenvalue weighted by Crippen LogP contribution is 2.29. The van der Waals surface area contributed by atoms with Gasteiger partial charge in [-0.15, -0.1) is 0 Å². The van der Waals surface area contributed by atoms with E-state index in [0.29, 0.717) is 5.92 Å². The van der Waals surface area contributed by atoms with Crippen LogP contribution >= 0.6 is 0 Å². The van der Waals surface area contributed by atoms with Crippen LogP contribution in [0.1, 0.15) is 17.5 Å². The summed E-state index contributed by atoms with van der Waals surface area (Å²) in [5.74, 6) is 0.566. The van der Waals surface area contributed by atoms with Crippen LogP contribution in [-0.4, -0.2) is 13.1 Å². The Morgan fingerprint density at radius 2 is 1.88 bits per heavy atom. The molecule has 0 saturated carbocycles. The number of rotatable bonds is 2. The molecule has 1 aliphatic rings. The van der Waals surface area contributed by atoms with Crippen molar-refractivity contribution < 1.29 is 13.2 Å². The van der Waals surface area contributed by atoms with Crippen molar-refractivity contribution in [2.45, 2.75) is 19.0 Å². The SMILES string of the molecule is FC(F)(F)c1ccc(C[C@@H]2CCNC2)cc1. The van der Waals surface area contributed by atoms with Gasteiger partial charge < -0.3 is 5.32 Å². The second-order valence-electron chi connectivity index (χ2n) is 4.26. The second-order valence-corrected chi connectivity index (χ2v) is 4.26. The fraction of sp³-hybridized carbons (Fsp3) is 0.500. The summed E-state index contributed by atoms with van der Waals surface area (Å²) in [6.45, 7) is 1.99. The molecular formula is C12H14F3N. The fourth-order valence-electron chi connectivity index (χ4n) is 2.05. The first-order chi connectivity index (χ1) is 7.55. The number of hydrogen-bond donors (Lipinski definition) is 1. The molecule has 88 valence electrons. The highest BCUT2D eigenvalue weighted by atomic mass is 19.4. The van der Waals surface area contributed by atoms with Gasteiger partial charge in [0.1, 0.15) is 0 Å². The first-order valence-electron chi connectivity index (χ1n) is 5.42. The summed E-state index contributed by atoms with van der Waals surface area (Å²) in [6, 6.07) is 5.50. The normalized spacial score (nSPS) is 21.3. The van der Waals surface area contributed by atoms with Crippen LogP contribution in [0.4, 0.5) is 13.2 Å². The van der Waals surface area contributed by atoms with Gasteiger partial charge in [0, 0.05) is 0 Å². The number of nitrogens with one attached hydrogen (secondary N) is 1. The maximum atomic E-state index is 12.3. The average molecular weight is 229 g/mol. The van der Waals surface area contributed by atoms with Gasteiger partial charge >= 0.3 is 6.18 Å². The highest BCUT2D eigenvalue weighted by molar-refractivity contribution is 5.25. The van der Waals surface area contributed by atoms with E-state index in [1.54, 1.807) is 12.1 Å². The quantitative estimate of drug-likeness (QED) is 0.822. The van der Waals surface area contributed by atoms with Gasteiger partial charge in [0.05, 0.1) is 5.56 Å². The Morgan fingerprint density at radius 1 is 1.19 bits per heavy atom. The Morgan fingerprint density at radius 3 is 2.38 bits per heavy atom. The molecule has 0 radical (unpaired) electrons. The van der Waals surface area contributed by atoms with E-state index in [0.717, 1.165) is 43.6 Å². The van der Waals surface area contributed by atoms with Crippen molar-refractivity contribution >= 4 is 0 Å². The van der Waals surface area contributed by atoms with Crippen molar-refractivity contribution in [1.82, 2.24) is 5.32 Å². The first-order valence-corrected chi connectivity index (χ1v) is 5.42. The fourth-order valence-corrected chi connectivity index (χ4v) is 2.05. The van der Waals surface area contributed by atoms with Crippen LogP contribution in [0, 0.1) is 5.92 Å². The van der Waals surface area contributed by atoms with Crippen molar-refractivity contribution in [2.75, 3.05) is 13.1 Å². The maximum absolute atomic E-state index is 12.3. The molecule has 1 aliphatic heterocycles. The van der Waals surface area contributed by atoms with E-state index in [1.165, 1.54) is 0 Å². The van der Waals surface area contributed by atoms with Gasteiger partial charge in [-0.1, -0.05) is 12.1 Å². The number of benzene rings is 1.